The number of aliphatic carboxylic acids is 1. The second-order valence-corrected chi connectivity index (χ2v) is 17.5. The van der Waals surface area contributed by atoms with Crippen molar-refractivity contribution < 1.29 is 39.2 Å². The number of methoxy groups -OCH3 is 2. The Morgan fingerprint density at radius 2 is 1.53 bits per heavy atom. The number of carbonyl (C=O) groups is 3. The smallest absolute Gasteiger partial charge is 0.306 e. The number of unbranched alkanes of at least 4 members (excludes halogenated alkanes) is 4. The lowest BCUT2D eigenvalue weighted by Gasteiger charge is -2.37. The molecule has 1 aliphatic carbocycles. The number of rotatable bonds is 29. The van der Waals surface area contributed by atoms with Gasteiger partial charge in [-0.25, -0.2) is 0 Å². The van der Waals surface area contributed by atoms with Crippen molar-refractivity contribution in [2.45, 2.75) is 222 Å². The molecule has 0 amide bonds. The third kappa shape index (κ3) is 27.2. The molecule has 3 N–H and O–H groups in total. The molecule has 8 heteroatoms. The number of aliphatic hydroxyl groups is 2. The van der Waals surface area contributed by atoms with E-state index >= 15 is 0 Å². The van der Waals surface area contributed by atoms with Crippen molar-refractivity contribution in [1.82, 2.24) is 0 Å². The summed E-state index contributed by atoms with van der Waals surface area (Å²) in [6, 6.07) is 0. The first kappa shape index (κ1) is 58.7. The summed E-state index contributed by atoms with van der Waals surface area (Å²) >= 11 is 0. The standard InChI is InChI=1S/C40H70O6.C8H16O2.C3H6/c1-10-16-38(33(7)41)40(44,23-11-2)32(6)26-36(45-8)19-14-12-13-17-29(3)21-22-35(42)28-39(43)31(5)24-30(4)25-34-18-15-20-37(27-34)46-9;1-3-4-5-6-7(2)8(9)10;1-3-2/h16,21,25,31-32,34,36-37,39,43-44H,10-15,17-20,22-24,26-28H2,1-9H3;7H,3-6H2,1-2H3,(H,9,10);3H,1H2,2H3/b29-21+,30-25+,38-16+;;/t31-,32?,34?,36?,37?,39?,40?;;/m0../s1. The zero-order chi connectivity index (χ0) is 45.4. The zero-order valence-corrected chi connectivity index (χ0v) is 40.1. The van der Waals surface area contributed by atoms with Crippen LogP contribution in [-0.2, 0) is 23.9 Å². The van der Waals surface area contributed by atoms with Crippen LogP contribution in [0.4, 0.5) is 0 Å². The van der Waals surface area contributed by atoms with E-state index < -0.39 is 17.7 Å². The fraction of sp³-hybridized carbons (Fsp3) is 0.784. The topological polar surface area (TPSA) is 130 Å². The summed E-state index contributed by atoms with van der Waals surface area (Å²) in [6.07, 6.45) is 25.8. The number of allylic oxidation sites excluding steroid dienone is 6. The lowest BCUT2D eigenvalue weighted by molar-refractivity contribution is -0.141. The van der Waals surface area contributed by atoms with E-state index in [1.54, 1.807) is 34.1 Å². The summed E-state index contributed by atoms with van der Waals surface area (Å²) in [5.41, 5.74) is 1.94. The second-order valence-electron chi connectivity index (χ2n) is 17.5. The fourth-order valence-corrected chi connectivity index (χ4v) is 8.12. The van der Waals surface area contributed by atoms with E-state index in [9.17, 15) is 24.6 Å². The molecule has 1 aliphatic rings. The predicted octanol–water partition coefficient (Wildman–Crippen LogP) is 12.7. The van der Waals surface area contributed by atoms with Gasteiger partial charge in [-0.05, 0) is 116 Å². The number of carboxylic acids is 1. The highest BCUT2D eigenvalue weighted by Crippen LogP contribution is 2.36. The molecular formula is C51H92O8. The lowest BCUT2D eigenvalue weighted by Crippen LogP contribution is -2.42. The first-order valence-electron chi connectivity index (χ1n) is 23.2. The van der Waals surface area contributed by atoms with Crippen LogP contribution in [-0.4, -0.2) is 71.0 Å². The van der Waals surface area contributed by atoms with Gasteiger partial charge in [0.2, 0.25) is 0 Å². The minimum atomic E-state index is -1.12. The van der Waals surface area contributed by atoms with Gasteiger partial charge in [0.1, 0.15) is 5.78 Å². The third-order valence-electron chi connectivity index (χ3n) is 11.8. The monoisotopic (exact) mass is 833 g/mol. The Bertz CT molecular complexity index is 1230. The largest absolute Gasteiger partial charge is 0.481 e. The van der Waals surface area contributed by atoms with Crippen LogP contribution in [0.25, 0.3) is 0 Å². The molecule has 344 valence electrons. The molecule has 8 nitrogen and oxygen atoms in total. The van der Waals surface area contributed by atoms with Crippen LogP contribution in [0.3, 0.4) is 0 Å². The molecule has 0 aromatic rings. The van der Waals surface area contributed by atoms with Gasteiger partial charge in [-0.15, -0.1) is 6.58 Å². The second kappa shape index (κ2) is 35.2. The van der Waals surface area contributed by atoms with Crippen molar-refractivity contribution in [3.8, 4) is 0 Å². The Morgan fingerprint density at radius 1 is 0.881 bits per heavy atom. The number of aliphatic hydroxyl groups excluding tert-OH is 1. The quantitative estimate of drug-likeness (QED) is 0.0386. The van der Waals surface area contributed by atoms with Gasteiger partial charge >= 0.3 is 5.97 Å². The Morgan fingerprint density at radius 3 is 2.07 bits per heavy atom. The van der Waals surface area contributed by atoms with Gasteiger partial charge in [-0.1, -0.05) is 122 Å². The van der Waals surface area contributed by atoms with Gasteiger partial charge in [0, 0.05) is 32.6 Å². The summed E-state index contributed by atoms with van der Waals surface area (Å²) in [4.78, 5) is 35.3. The number of ether oxygens (including phenoxy) is 2. The van der Waals surface area contributed by atoms with Gasteiger partial charge in [-0.3, -0.25) is 14.4 Å². The normalized spacial score (nSPS) is 19.7. The highest BCUT2D eigenvalue weighted by atomic mass is 16.5. The number of carbonyl (C=O) groups excluding carboxylic acids is 2. The van der Waals surface area contributed by atoms with Gasteiger partial charge in [-0.2, -0.15) is 0 Å². The molecule has 1 saturated carbocycles. The van der Waals surface area contributed by atoms with Crippen LogP contribution in [0.15, 0.2) is 47.6 Å². The molecule has 0 saturated heterocycles. The van der Waals surface area contributed by atoms with Crippen molar-refractivity contribution in [3.05, 3.63) is 47.6 Å². The van der Waals surface area contributed by atoms with Crippen LogP contribution < -0.4 is 0 Å². The Kier molecular flexibility index (Phi) is 35.1. The summed E-state index contributed by atoms with van der Waals surface area (Å²) in [5.74, 6) is -0.274. The Hall–Kier alpha value is -2.39. The van der Waals surface area contributed by atoms with Crippen LogP contribution in [0.5, 0.6) is 0 Å². The molecule has 1 fully saturated rings. The highest BCUT2D eigenvalue weighted by Gasteiger charge is 2.39. The minimum absolute atomic E-state index is 0.0332. The first-order chi connectivity index (χ1) is 27.9. The third-order valence-corrected chi connectivity index (χ3v) is 11.8. The van der Waals surface area contributed by atoms with E-state index in [-0.39, 0.29) is 41.8 Å². The van der Waals surface area contributed by atoms with E-state index in [1.807, 2.05) is 46.8 Å². The Labute approximate surface area is 362 Å². The maximum Gasteiger partial charge on any atom is 0.306 e. The van der Waals surface area contributed by atoms with Crippen LogP contribution in [0.2, 0.25) is 0 Å². The molecule has 8 atom stereocenters. The maximum atomic E-state index is 12.6. The van der Waals surface area contributed by atoms with Crippen molar-refractivity contribution in [2.75, 3.05) is 14.2 Å². The molecule has 0 aromatic heterocycles. The van der Waals surface area contributed by atoms with Crippen molar-refractivity contribution >= 4 is 17.5 Å². The van der Waals surface area contributed by atoms with Gasteiger partial charge < -0.3 is 24.8 Å². The number of ketones is 2. The average Bonchev–Trinajstić information content (AvgIpc) is 3.18. The highest BCUT2D eigenvalue weighted by molar-refractivity contribution is 5.95. The minimum Gasteiger partial charge on any atom is -0.481 e. The number of hydrogen-bond donors (Lipinski definition) is 3. The van der Waals surface area contributed by atoms with Crippen molar-refractivity contribution in [2.24, 2.45) is 23.7 Å². The predicted molar refractivity (Wildman–Crippen MR) is 248 cm³/mol. The summed E-state index contributed by atoms with van der Waals surface area (Å²) in [5, 5.41) is 30.8. The van der Waals surface area contributed by atoms with Crippen LogP contribution >= 0.6 is 0 Å². The van der Waals surface area contributed by atoms with E-state index in [0.717, 1.165) is 89.9 Å². The molecule has 0 aromatic carbocycles. The molecule has 0 aliphatic heterocycles. The molecule has 1 rings (SSSR count). The van der Waals surface area contributed by atoms with E-state index in [1.165, 1.54) is 24.0 Å². The van der Waals surface area contributed by atoms with E-state index in [2.05, 4.69) is 33.4 Å². The number of Topliss-reactive ketones (excluding diaryl/α,β-unsaturated/α-hetero) is 2. The number of hydrogen-bond acceptors (Lipinski definition) is 7. The molecule has 0 spiro atoms. The van der Waals surface area contributed by atoms with Crippen molar-refractivity contribution in [3.63, 3.8) is 0 Å². The van der Waals surface area contributed by atoms with E-state index in [0.29, 0.717) is 36.9 Å². The summed E-state index contributed by atoms with van der Waals surface area (Å²) in [7, 11) is 3.53. The van der Waals surface area contributed by atoms with Gasteiger partial charge in [0.25, 0.3) is 0 Å². The average molecular weight is 833 g/mol. The SMILES string of the molecule is C=CC.CC/C=C(\C(C)=O)C(O)(CCC)C(C)CC(CCCCC/C(C)=C/CC(=O)CC(O)[C@@H](C)C/C(C)=C/C1CCCC(OC)C1)OC.CCCCCC(C)C(=O)O. The molecule has 0 heterocycles. The summed E-state index contributed by atoms with van der Waals surface area (Å²) < 4.78 is 11.4. The zero-order valence-electron chi connectivity index (χ0n) is 40.1. The lowest BCUT2D eigenvalue weighted by atomic mass is 9.74. The molecule has 0 radical (unpaired) electrons. The van der Waals surface area contributed by atoms with Crippen LogP contribution in [0.1, 0.15) is 198 Å². The van der Waals surface area contributed by atoms with E-state index in [4.69, 9.17) is 14.6 Å². The fourth-order valence-electron chi connectivity index (χ4n) is 8.12. The molecular weight excluding hydrogens is 741 g/mol. The Balaban J connectivity index is 0. The molecule has 59 heavy (non-hydrogen) atoms. The summed E-state index contributed by atoms with van der Waals surface area (Å²) in [6.45, 7) is 23.0. The van der Waals surface area contributed by atoms with Crippen LogP contribution in [0, 0.1) is 23.7 Å². The maximum absolute atomic E-state index is 12.6. The van der Waals surface area contributed by atoms with Crippen molar-refractivity contribution in [1.29, 1.82) is 0 Å². The first-order valence-corrected chi connectivity index (χ1v) is 23.2. The molecule has 7 unspecified atom stereocenters. The molecule has 0 bridgehead atoms. The van der Waals surface area contributed by atoms with Gasteiger partial charge in [0.05, 0.1) is 29.8 Å². The number of carboxylic acid groups (broad SMARTS) is 1. The van der Waals surface area contributed by atoms with Gasteiger partial charge in [0.15, 0.2) is 5.78 Å².